The Bertz CT molecular complexity index is 349. The third kappa shape index (κ3) is 1.60. The zero-order valence-corrected chi connectivity index (χ0v) is 8.50. The van der Waals surface area contributed by atoms with Gasteiger partial charge >= 0.3 is 0 Å². The summed E-state index contributed by atoms with van der Waals surface area (Å²) in [5.74, 6) is 0.174. The highest BCUT2D eigenvalue weighted by Gasteiger charge is 2.36. The molecule has 0 aliphatic heterocycles. The lowest BCUT2D eigenvalue weighted by Crippen LogP contribution is -2.12. The first-order valence-electron chi connectivity index (χ1n) is 4.82. The molecule has 1 saturated carbocycles. The number of hydrogen-bond donors (Lipinski definition) is 1. The van der Waals surface area contributed by atoms with Gasteiger partial charge in [-0.05, 0) is 30.2 Å². The van der Waals surface area contributed by atoms with E-state index in [-0.39, 0.29) is 11.9 Å². The first kappa shape index (κ1) is 9.46. The standard InChI is InChI=1S/C11H15FN2/c1-14(2)11-4-3-7(12)5-9(11)8-6-10(8)13/h3-5,8,10H,6,13H2,1-2H3/t8-,10+/m0/s1. The van der Waals surface area contributed by atoms with Crippen molar-refractivity contribution in [2.24, 2.45) is 5.73 Å². The Morgan fingerprint density at radius 2 is 2.07 bits per heavy atom. The number of nitrogens with zero attached hydrogens (tertiary/aromatic N) is 1. The van der Waals surface area contributed by atoms with Gasteiger partial charge in [0.15, 0.2) is 0 Å². The Labute approximate surface area is 83.5 Å². The van der Waals surface area contributed by atoms with E-state index in [4.69, 9.17) is 5.73 Å². The van der Waals surface area contributed by atoms with Gasteiger partial charge in [0.1, 0.15) is 5.82 Å². The van der Waals surface area contributed by atoms with Gasteiger partial charge in [0, 0.05) is 31.7 Å². The van der Waals surface area contributed by atoms with E-state index in [0.717, 1.165) is 17.7 Å². The molecule has 1 aromatic carbocycles. The van der Waals surface area contributed by atoms with Gasteiger partial charge in [0.25, 0.3) is 0 Å². The number of benzene rings is 1. The fourth-order valence-electron chi connectivity index (χ4n) is 1.80. The maximum atomic E-state index is 13.1. The maximum absolute atomic E-state index is 13.1. The number of halogens is 1. The SMILES string of the molecule is CN(C)c1ccc(F)cc1[C@@H]1C[C@H]1N. The fourth-order valence-corrected chi connectivity index (χ4v) is 1.80. The van der Waals surface area contributed by atoms with Crippen molar-refractivity contribution < 1.29 is 4.39 Å². The molecule has 0 heterocycles. The van der Waals surface area contributed by atoms with Gasteiger partial charge in [-0.3, -0.25) is 0 Å². The summed E-state index contributed by atoms with van der Waals surface area (Å²) in [7, 11) is 3.93. The zero-order valence-electron chi connectivity index (χ0n) is 8.50. The third-order valence-corrected chi connectivity index (χ3v) is 2.71. The van der Waals surface area contributed by atoms with Gasteiger partial charge in [-0.2, -0.15) is 0 Å². The van der Waals surface area contributed by atoms with E-state index < -0.39 is 0 Å². The zero-order chi connectivity index (χ0) is 10.3. The maximum Gasteiger partial charge on any atom is 0.123 e. The Morgan fingerprint density at radius 1 is 1.43 bits per heavy atom. The van der Waals surface area contributed by atoms with E-state index in [0.29, 0.717) is 5.92 Å². The van der Waals surface area contributed by atoms with E-state index in [1.165, 1.54) is 6.07 Å². The molecule has 2 atom stereocenters. The smallest absolute Gasteiger partial charge is 0.123 e. The molecular weight excluding hydrogens is 179 g/mol. The van der Waals surface area contributed by atoms with Gasteiger partial charge in [-0.15, -0.1) is 0 Å². The number of nitrogens with two attached hydrogens (primary N) is 1. The van der Waals surface area contributed by atoms with Crippen LogP contribution in [0.25, 0.3) is 0 Å². The molecule has 1 aliphatic rings. The summed E-state index contributed by atoms with van der Waals surface area (Å²) in [5.41, 5.74) is 7.89. The van der Waals surface area contributed by atoms with Crippen LogP contribution in [0.2, 0.25) is 0 Å². The minimum Gasteiger partial charge on any atom is -0.377 e. The van der Waals surface area contributed by atoms with Gasteiger partial charge in [0.05, 0.1) is 0 Å². The van der Waals surface area contributed by atoms with Crippen molar-refractivity contribution in [3.63, 3.8) is 0 Å². The average molecular weight is 194 g/mol. The summed E-state index contributed by atoms with van der Waals surface area (Å²) in [6.45, 7) is 0. The van der Waals surface area contributed by atoms with E-state index in [9.17, 15) is 4.39 Å². The lowest BCUT2D eigenvalue weighted by Gasteiger charge is -2.17. The molecule has 1 aliphatic carbocycles. The van der Waals surface area contributed by atoms with Crippen LogP contribution >= 0.6 is 0 Å². The molecule has 2 nitrogen and oxygen atoms in total. The summed E-state index contributed by atoms with van der Waals surface area (Å²) in [5, 5.41) is 0. The van der Waals surface area contributed by atoms with Crippen LogP contribution in [0.5, 0.6) is 0 Å². The summed E-state index contributed by atoms with van der Waals surface area (Å²) in [4.78, 5) is 2.00. The molecule has 3 heteroatoms. The minimum atomic E-state index is -0.176. The molecule has 0 saturated heterocycles. The highest BCUT2D eigenvalue weighted by atomic mass is 19.1. The van der Waals surface area contributed by atoms with Crippen LogP contribution in [-0.2, 0) is 0 Å². The van der Waals surface area contributed by atoms with Crippen molar-refractivity contribution in [3.05, 3.63) is 29.6 Å². The van der Waals surface area contributed by atoms with Crippen molar-refractivity contribution >= 4 is 5.69 Å². The Morgan fingerprint density at radius 3 is 2.57 bits per heavy atom. The normalized spacial score (nSPS) is 24.9. The van der Waals surface area contributed by atoms with Crippen LogP contribution in [0.15, 0.2) is 18.2 Å². The van der Waals surface area contributed by atoms with Crippen LogP contribution in [0.1, 0.15) is 17.9 Å². The molecule has 1 aromatic rings. The van der Waals surface area contributed by atoms with Gasteiger partial charge in [-0.25, -0.2) is 4.39 Å². The van der Waals surface area contributed by atoms with E-state index in [1.807, 2.05) is 25.1 Å². The Balaban J connectivity index is 2.39. The molecular formula is C11H15FN2. The van der Waals surface area contributed by atoms with Gasteiger partial charge < -0.3 is 10.6 Å². The summed E-state index contributed by atoms with van der Waals surface area (Å²) >= 11 is 0. The lowest BCUT2D eigenvalue weighted by atomic mass is 10.1. The Hall–Kier alpha value is -1.09. The molecule has 1 fully saturated rings. The van der Waals surface area contributed by atoms with Crippen molar-refractivity contribution in [3.8, 4) is 0 Å². The second kappa shape index (κ2) is 3.24. The van der Waals surface area contributed by atoms with E-state index in [1.54, 1.807) is 6.07 Å². The second-order valence-electron chi connectivity index (χ2n) is 4.10. The highest BCUT2D eigenvalue weighted by molar-refractivity contribution is 5.56. The molecule has 0 unspecified atom stereocenters. The molecule has 0 aromatic heterocycles. The molecule has 0 bridgehead atoms. The van der Waals surface area contributed by atoms with Crippen molar-refractivity contribution in [1.82, 2.24) is 0 Å². The quantitative estimate of drug-likeness (QED) is 0.776. The monoisotopic (exact) mass is 194 g/mol. The predicted octanol–water partition coefficient (Wildman–Crippen LogP) is 1.71. The van der Waals surface area contributed by atoms with Gasteiger partial charge in [-0.1, -0.05) is 0 Å². The van der Waals surface area contributed by atoms with Crippen LogP contribution in [0.3, 0.4) is 0 Å². The van der Waals surface area contributed by atoms with Crippen molar-refractivity contribution in [2.75, 3.05) is 19.0 Å². The first-order chi connectivity index (χ1) is 6.59. The molecule has 0 spiro atoms. The molecule has 2 N–H and O–H groups in total. The minimum absolute atomic E-state index is 0.176. The summed E-state index contributed by atoms with van der Waals surface area (Å²) in [6.07, 6.45) is 0.976. The van der Waals surface area contributed by atoms with Gasteiger partial charge in [0.2, 0.25) is 0 Å². The number of anilines is 1. The number of hydrogen-bond acceptors (Lipinski definition) is 2. The third-order valence-electron chi connectivity index (χ3n) is 2.71. The fraction of sp³-hybridized carbons (Fsp3) is 0.455. The van der Waals surface area contributed by atoms with E-state index in [2.05, 4.69) is 0 Å². The van der Waals surface area contributed by atoms with Crippen molar-refractivity contribution in [1.29, 1.82) is 0 Å². The lowest BCUT2D eigenvalue weighted by molar-refractivity contribution is 0.625. The molecule has 2 rings (SSSR count). The number of rotatable bonds is 2. The Kier molecular flexibility index (Phi) is 2.19. The average Bonchev–Trinajstić information content (AvgIpc) is 2.82. The summed E-state index contributed by atoms with van der Waals surface area (Å²) in [6, 6.07) is 5.13. The molecule has 14 heavy (non-hydrogen) atoms. The van der Waals surface area contributed by atoms with Crippen LogP contribution in [0, 0.1) is 5.82 Å². The topological polar surface area (TPSA) is 29.3 Å². The van der Waals surface area contributed by atoms with E-state index >= 15 is 0 Å². The van der Waals surface area contributed by atoms with Crippen LogP contribution in [-0.4, -0.2) is 20.1 Å². The second-order valence-corrected chi connectivity index (χ2v) is 4.10. The van der Waals surface area contributed by atoms with Crippen LogP contribution in [0.4, 0.5) is 10.1 Å². The van der Waals surface area contributed by atoms with Crippen LogP contribution < -0.4 is 10.6 Å². The molecule has 0 amide bonds. The van der Waals surface area contributed by atoms with Crippen molar-refractivity contribution in [2.45, 2.75) is 18.4 Å². The largest absolute Gasteiger partial charge is 0.377 e. The molecule has 76 valence electrons. The summed E-state index contributed by atoms with van der Waals surface area (Å²) < 4.78 is 13.1. The first-order valence-corrected chi connectivity index (χ1v) is 4.82. The highest BCUT2D eigenvalue weighted by Crippen LogP contribution is 2.43. The molecule has 0 radical (unpaired) electrons. The predicted molar refractivity (Wildman–Crippen MR) is 56.1 cm³/mol.